The van der Waals surface area contributed by atoms with E-state index in [9.17, 15) is 4.79 Å². The molecular weight excluding hydrogens is 364 g/mol. The Morgan fingerprint density at radius 3 is 2.83 bits per heavy atom. The van der Waals surface area contributed by atoms with Crippen LogP contribution in [0.5, 0.6) is 0 Å². The molecule has 7 nitrogen and oxygen atoms in total. The molecule has 1 unspecified atom stereocenters. The molecule has 0 spiro atoms. The van der Waals surface area contributed by atoms with Crippen LogP contribution in [0.15, 0.2) is 28.2 Å². The number of aromatic amines is 1. The van der Waals surface area contributed by atoms with Crippen molar-refractivity contribution in [2.75, 3.05) is 19.6 Å². The molecule has 1 amide bonds. The molecule has 4 heterocycles. The fourth-order valence-electron chi connectivity index (χ4n) is 4.66. The van der Waals surface area contributed by atoms with Gasteiger partial charge in [-0.05, 0) is 75.2 Å². The summed E-state index contributed by atoms with van der Waals surface area (Å²) < 4.78 is 0. The van der Waals surface area contributed by atoms with Crippen molar-refractivity contribution in [2.24, 2.45) is 16.0 Å². The van der Waals surface area contributed by atoms with Crippen LogP contribution in [0.1, 0.15) is 54.1 Å². The van der Waals surface area contributed by atoms with E-state index in [1.54, 1.807) is 18.6 Å². The lowest BCUT2D eigenvalue weighted by atomic mass is 9.97. The van der Waals surface area contributed by atoms with Gasteiger partial charge in [-0.15, -0.1) is 0 Å². The molecule has 4 aliphatic rings. The summed E-state index contributed by atoms with van der Waals surface area (Å²) in [6, 6.07) is 0. The molecule has 2 fully saturated rings. The van der Waals surface area contributed by atoms with E-state index in [-0.39, 0.29) is 5.91 Å². The minimum absolute atomic E-state index is 0.136. The number of H-pyrrole nitrogens is 1. The van der Waals surface area contributed by atoms with E-state index in [1.165, 1.54) is 55.6 Å². The predicted molar refractivity (Wildman–Crippen MR) is 115 cm³/mol. The summed E-state index contributed by atoms with van der Waals surface area (Å²) in [5.74, 6) is 0.0631. The van der Waals surface area contributed by atoms with E-state index in [0.717, 1.165) is 24.4 Å². The van der Waals surface area contributed by atoms with Crippen molar-refractivity contribution < 1.29 is 4.79 Å². The quantitative estimate of drug-likeness (QED) is 0.695. The number of hydrazone groups is 1. The molecule has 0 aromatic carbocycles. The molecule has 3 aliphatic heterocycles. The number of likely N-dealkylation sites (tertiary alicyclic amines) is 1. The first-order valence-electron chi connectivity index (χ1n) is 10.7. The van der Waals surface area contributed by atoms with Gasteiger partial charge in [0.05, 0.1) is 11.4 Å². The first-order valence-corrected chi connectivity index (χ1v) is 10.7. The fourth-order valence-corrected chi connectivity index (χ4v) is 4.66. The highest BCUT2D eigenvalue weighted by Gasteiger charge is 2.33. The maximum Gasteiger partial charge on any atom is 0.254 e. The third kappa shape index (κ3) is 3.67. The topological polar surface area (TPSA) is 84.9 Å². The zero-order chi connectivity index (χ0) is 19.8. The normalized spacial score (nSPS) is 25.6. The number of allylic oxidation sites excluding steroid dienone is 1. The van der Waals surface area contributed by atoms with Crippen molar-refractivity contribution in [3.63, 3.8) is 0 Å². The third-order valence-corrected chi connectivity index (χ3v) is 6.32. The summed E-state index contributed by atoms with van der Waals surface area (Å²) in [7, 11) is 0. The largest absolute Gasteiger partial charge is 0.359 e. The van der Waals surface area contributed by atoms with Gasteiger partial charge in [-0.1, -0.05) is 0 Å². The number of amides is 1. The molecule has 0 bridgehead atoms. The first kappa shape index (κ1) is 18.4. The highest BCUT2D eigenvalue weighted by Crippen LogP contribution is 2.45. The zero-order valence-corrected chi connectivity index (χ0v) is 16.9. The van der Waals surface area contributed by atoms with Crippen LogP contribution in [0, 0.1) is 12.8 Å². The maximum absolute atomic E-state index is 12.1. The Kier molecular flexibility index (Phi) is 4.83. The van der Waals surface area contributed by atoms with E-state index in [0.29, 0.717) is 11.6 Å². The highest BCUT2D eigenvalue weighted by atomic mass is 16.2. The average Bonchev–Trinajstić information content (AvgIpc) is 3.10. The smallest absolute Gasteiger partial charge is 0.254 e. The molecule has 29 heavy (non-hydrogen) atoms. The van der Waals surface area contributed by atoms with E-state index >= 15 is 0 Å². The number of hydrogen-bond donors (Lipinski definition) is 3. The average molecular weight is 393 g/mol. The summed E-state index contributed by atoms with van der Waals surface area (Å²) in [5, 5.41) is 7.19. The monoisotopic (exact) mass is 392 g/mol. The molecule has 1 aliphatic carbocycles. The maximum atomic E-state index is 12.1. The number of carbonyl (C=O) groups is 1. The van der Waals surface area contributed by atoms with E-state index in [2.05, 4.69) is 43.7 Å². The number of rotatable bonds is 6. The van der Waals surface area contributed by atoms with Crippen molar-refractivity contribution in [3.05, 3.63) is 40.6 Å². The van der Waals surface area contributed by atoms with E-state index in [1.807, 2.05) is 0 Å². The molecule has 1 saturated carbocycles. The van der Waals surface area contributed by atoms with Crippen molar-refractivity contribution >= 4 is 23.9 Å². The van der Waals surface area contributed by atoms with Crippen LogP contribution < -0.4 is 10.7 Å². The van der Waals surface area contributed by atoms with Gasteiger partial charge in [0.1, 0.15) is 5.92 Å². The lowest BCUT2D eigenvalue weighted by Gasteiger charge is -2.17. The molecule has 1 saturated heterocycles. The molecule has 152 valence electrons. The second kappa shape index (κ2) is 7.63. The Morgan fingerprint density at radius 1 is 1.28 bits per heavy atom. The van der Waals surface area contributed by atoms with Crippen LogP contribution in [0.2, 0.25) is 0 Å². The number of aliphatic imine (C=N–C) groups is 1. The van der Waals surface area contributed by atoms with Gasteiger partial charge in [-0.2, -0.15) is 5.10 Å². The standard InChI is InChI=1S/C22H28N6O/c1-14-16(6-11-28-9-2-3-10-28)20(15-4-5-15)18(26-14)12-19-21(24-8-7-23-19)17-13-25-27-22(17)29/h7-8,12-13,15,17,23,26H,2-6,9-11H2,1H3,(H,27,29). The zero-order valence-electron chi connectivity index (χ0n) is 16.9. The van der Waals surface area contributed by atoms with Gasteiger partial charge in [0.15, 0.2) is 0 Å². The number of aryl methyl sites for hydroxylation is 1. The lowest BCUT2D eigenvalue weighted by molar-refractivity contribution is -0.120. The summed E-state index contributed by atoms with van der Waals surface area (Å²) in [6.07, 6.45) is 13.5. The number of nitrogens with one attached hydrogen (secondary N) is 3. The number of nitrogens with zero attached hydrogens (tertiary/aromatic N) is 3. The van der Waals surface area contributed by atoms with Gasteiger partial charge in [0, 0.05) is 36.5 Å². The third-order valence-electron chi connectivity index (χ3n) is 6.32. The second-order valence-corrected chi connectivity index (χ2v) is 8.39. The number of aromatic nitrogens is 1. The number of hydrogen-bond acceptors (Lipinski definition) is 5. The Hall–Kier alpha value is -2.67. The minimum Gasteiger partial charge on any atom is -0.359 e. The van der Waals surface area contributed by atoms with Crippen LogP contribution in [-0.2, 0) is 11.2 Å². The predicted octanol–water partition coefficient (Wildman–Crippen LogP) is 2.43. The van der Waals surface area contributed by atoms with Gasteiger partial charge < -0.3 is 15.2 Å². The second-order valence-electron chi connectivity index (χ2n) is 8.39. The Morgan fingerprint density at radius 2 is 2.10 bits per heavy atom. The fraction of sp³-hybridized carbons (Fsp3) is 0.500. The molecule has 0 radical (unpaired) electrons. The minimum atomic E-state index is -0.450. The van der Waals surface area contributed by atoms with E-state index < -0.39 is 5.92 Å². The number of carbonyl (C=O) groups excluding carboxylic acids is 1. The molecule has 1 atom stereocenters. The Bertz CT molecular complexity index is 927. The van der Waals surface area contributed by atoms with Crippen LogP contribution in [0.4, 0.5) is 0 Å². The molecule has 1 aromatic rings. The van der Waals surface area contributed by atoms with Crippen LogP contribution >= 0.6 is 0 Å². The molecule has 5 rings (SSSR count). The van der Waals surface area contributed by atoms with Crippen LogP contribution in [-0.4, -0.2) is 47.4 Å². The summed E-state index contributed by atoms with van der Waals surface area (Å²) in [6.45, 7) is 5.80. The molecule has 7 heteroatoms. The molecular formula is C22H28N6O. The summed E-state index contributed by atoms with van der Waals surface area (Å²) >= 11 is 0. The summed E-state index contributed by atoms with van der Waals surface area (Å²) in [4.78, 5) is 22.8. The van der Waals surface area contributed by atoms with Crippen molar-refractivity contribution in [2.45, 2.75) is 44.9 Å². The Balaban J connectivity index is 1.45. The van der Waals surface area contributed by atoms with E-state index in [4.69, 9.17) is 0 Å². The van der Waals surface area contributed by atoms with Gasteiger partial charge in [0.2, 0.25) is 0 Å². The molecule has 1 aromatic heterocycles. The van der Waals surface area contributed by atoms with Crippen LogP contribution in [0.3, 0.4) is 0 Å². The molecule has 3 N–H and O–H groups in total. The SMILES string of the molecule is Cc1[nH]c(C=C2NC=CN=C2C2C=NNC2=O)c(C2CC2)c1CCN1CCCC1. The van der Waals surface area contributed by atoms with Gasteiger partial charge in [-0.25, -0.2) is 5.43 Å². The van der Waals surface area contributed by atoms with Gasteiger partial charge in [-0.3, -0.25) is 9.79 Å². The van der Waals surface area contributed by atoms with Crippen molar-refractivity contribution in [3.8, 4) is 0 Å². The lowest BCUT2D eigenvalue weighted by Crippen LogP contribution is -2.32. The van der Waals surface area contributed by atoms with Crippen molar-refractivity contribution in [1.29, 1.82) is 0 Å². The van der Waals surface area contributed by atoms with Gasteiger partial charge >= 0.3 is 0 Å². The Labute approximate surface area is 171 Å². The first-order chi connectivity index (χ1) is 14.2. The van der Waals surface area contributed by atoms with Crippen molar-refractivity contribution in [1.82, 2.24) is 20.6 Å². The highest BCUT2D eigenvalue weighted by molar-refractivity contribution is 6.24. The summed E-state index contributed by atoms with van der Waals surface area (Å²) in [5.41, 5.74) is 9.44. The van der Waals surface area contributed by atoms with Gasteiger partial charge in [0.25, 0.3) is 5.91 Å². The van der Waals surface area contributed by atoms with Crippen LogP contribution in [0.25, 0.3) is 6.08 Å².